The van der Waals surface area contributed by atoms with E-state index in [1.165, 1.54) is 35.6 Å². The molecule has 0 spiro atoms. The molecule has 0 unspecified atom stereocenters. The van der Waals surface area contributed by atoms with Crippen LogP contribution in [0.1, 0.15) is 37.7 Å². The number of carbonyl (C=O) groups is 1. The van der Waals surface area contributed by atoms with Gasteiger partial charge in [-0.15, -0.1) is 0 Å². The molecule has 1 amide bonds. The summed E-state index contributed by atoms with van der Waals surface area (Å²) in [5, 5.41) is 5.91. The van der Waals surface area contributed by atoms with E-state index in [-0.39, 0.29) is 5.91 Å². The number of benzene rings is 2. The van der Waals surface area contributed by atoms with Crippen molar-refractivity contribution in [2.75, 3.05) is 32.7 Å². The quantitative estimate of drug-likeness (QED) is 0.882. The minimum absolute atomic E-state index is 0.212. The fraction of sp³-hybridized carbons (Fsp3) is 0.522. The lowest BCUT2D eigenvalue weighted by molar-refractivity contribution is -0.123. The fourth-order valence-corrected chi connectivity index (χ4v) is 4.50. The van der Waals surface area contributed by atoms with Crippen molar-refractivity contribution in [3.05, 3.63) is 48.0 Å². The zero-order chi connectivity index (χ0) is 18.5. The smallest absolute Gasteiger partial charge is 0.234 e. The van der Waals surface area contributed by atoms with Crippen molar-refractivity contribution in [1.82, 2.24) is 15.1 Å². The van der Waals surface area contributed by atoms with Crippen LogP contribution in [-0.4, -0.2) is 54.5 Å². The van der Waals surface area contributed by atoms with Gasteiger partial charge in [0.2, 0.25) is 5.91 Å². The van der Waals surface area contributed by atoms with E-state index >= 15 is 0 Å². The van der Waals surface area contributed by atoms with Crippen LogP contribution >= 0.6 is 0 Å². The normalized spacial score (nSPS) is 20.0. The molecule has 2 aliphatic rings. The van der Waals surface area contributed by atoms with Gasteiger partial charge >= 0.3 is 0 Å². The zero-order valence-corrected chi connectivity index (χ0v) is 16.2. The molecule has 2 fully saturated rings. The van der Waals surface area contributed by atoms with Crippen LogP contribution in [0, 0.1) is 0 Å². The number of piperazine rings is 1. The van der Waals surface area contributed by atoms with Crippen LogP contribution in [0.15, 0.2) is 42.5 Å². The third-order valence-corrected chi connectivity index (χ3v) is 6.08. The van der Waals surface area contributed by atoms with Crippen molar-refractivity contribution in [3.8, 4) is 0 Å². The Kier molecular flexibility index (Phi) is 6.05. The lowest BCUT2D eigenvalue weighted by atomic mass is 9.95. The molecule has 2 aromatic carbocycles. The summed E-state index contributed by atoms with van der Waals surface area (Å²) >= 11 is 0. The monoisotopic (exact) mass is 365 g/mol. The Morgan fingerprint density at radius 2 is 1.59 bits per heavy atom. The predicted octanol–water partition coefficient (Wildman–Crippen LogP) is 3.41. The summed E-state index contributed by atoms with van der Waals surface area (Å²) < 4.78 is 0. The van der Waals surface area contributed by atoms with Crippen molar-refractivity contribution >= 4 is 16.7 Å². The molecule has 0 bridgehead atoms. The van der Waals surface area contributed by atoms with Crippen molar-refractivity contribution in [2.45, 2.75) is 44.7 Å². The molecule has 1 heterocycles. The summed E-state index contributed by atoms with van der Waals surface area (Å²) in [6.45, 7) is 5.55. The number of fused-ring (bicyclic) bond motifs is 1. The second-order valence-corrected chi connectivity index (χ2v) is 8.09. The standard InChI is InChI=1S/C23H31N3O/c27-23(24-21-10-2-1-3-11-21)18-26-15-13-25(14-16-26)17-20-9-6-8-19-7-4-5-12-22(19)20/h4-9,12,21H,1-3,10-11,13-18H2,(H,24,27). The number of hydrogen-bond acceptors (Lipinski definition) is 3. The minimum Gasteiger partial charge on any atom is -0.352 e. The highest BCUT2D eigenvalue weighted by Gasteiger charge is 2.21. The molecule has 27 heavy (non-hydrogen) atoms. The van der Waals surface area contributed by atoms with E-state index in [9.17, 15) is 4.79 Å². The minimum atomic E-state index is 0.212. The van der Waals surface area contributed by atoms with Gasteiger partial charge in [0.1, 0.15) is 0 Å². The van der Waals surface area contributed by atoms with E-state index in [4.69, 9.17) is 0 Å². The maximum atomic E-state index is 12.3. The molecule has 1 N–H and O–H groups in total. The molecule has 4 rings (SSSR count). The largest absolute Gasteiger partial charge is 0.352 e. The highest BCUT2D eigenvalue weighted by atomic mass is 16.2. The molecule has 0 aromatic heterocycles. The van der Waals surface area contributed by atoms with Gasteiger partial charge in [-0.2, -0.15) is 0 Å². The number of hydrogen-bond donors (Lipinski definition) is 1. The van der Waals surface area contributed by atoms with E-state index in [1.807, 2.05) is 0 Å². The van der Waals surface area contributed by atoms with E-state index in [0.717, 1.165) is 45.6 Å². The van der Waals surface area contributed by atoms with Crippen molar-refractivity contribution in [3.63, 3.8) is 0 Å². The summed E-state index contributed by atoms with van der Waals surface area (Å²) in [6, 6.07) is 15.6. The fourth-order valence-electron chi connectivity index (χ4n) is 4.50. The van der Waals surface area contributed by atoms with Crippen LogP contribution in [-0.2, 0) is 11.3 Å². The lowest BCUT2D eigenvalue weighted by Crippen LogP contribution is -2.50. The van der Waals surface area contributed by atoms with Gasteiger partial charge in [0.05, 0.1) is 6.54 Å². The Morgan fingerprint density at radius 3 is 2.41 bits per heavy atom. The Morgan fingerprint density at radius 1 is 0.889 bits per heavy atom. The maximum Gasteiger partial charge on any atom is 0.234 e. The van der Waals surface area contributed by atoms with Gasteiger partial charge in [-0.1, -0.05) is 61.7 Å². The van der Waals surface area contributed by atoms with Crippen LogP contribution in [0.3, 0.4) is 0 Å². The second-order valence-electron chi connectivity index (χ2n) is 8.09. The third kappa shape index (κ3) is 4.88. The van der Waals surface area contributed by atoms with Crippen molar-refractivity contribution in [2.24, 2.45) is 0 Å². The molecule has 4 heteroatoms. The lowest BCUT2D eigenvalue weighted by Gasteiger charge is -2.35. The average Bonchev–Trinajstić information content (AvgIpc) is 2.70. The molecule has 0 radical (unpaired) electrons. The predicted molar refractivity (Wildman–Crippen MR) is 111 cm³/mol. The Bertz CT molecular complexity index is 756. The molecule has 1 saturated carbocycles. The molecule has 1 aliphatic carbocycles. The molecule has 144 valence electrons. The van der Waals surface area contributed by atoms with Crippen LogP contribution in [0.25, 0.3) is 10.8 Å². The Labute approximate surface area is 162 Å². The summed E-state index contributed by atoms with van der Waals surface area (Å²) in [7, 11) is 0. The number of amides is 1. The molecular weight excluding hydrogens is 334 g/mol. The van der Waals surface area contributed by atoms with E-state index in [0.29, 0.717) is 12.6 Å². The van der Waals surface area contributed by atoms with Gasteiger partial charge in [-0.25, -0.2) is 0 Å². The first-order valence-corrected chi connectivity index (χ1v) is 10.5. The number of rotatable bonds is 5. The van der Waals surface area contributed by atoms with Crippen LogP contribution in [0.4, 0.5) is 0 Å². The third-order valence-electron chi connectivity index (χ3n) is 6.08. The van der Waals surface area contributed by atoms with E-state index in [2.05, 4.69) is 57.6 Å². The van der Waals surface area contributed by atoms with Crippen LogP contribution in [0.2, 0.25) is 0 Å². The first kappa shape index (κ1) is 18.5. The van der Waals surface area contributed by atoms with Gasteiger partial charge in [0.15, 0.2) is 0 Å². The summed E-state index contributed by atoms with van der Waals surface area (Å²) in [5.74, 6) is 0.212. The maximum absolute atomic E-state index is 12.3. The highest BCUT2D eigenvalue weighted by Crippen LogP contribution is 2.21. The first-order valence-electron chi connectivity index (χ1n) is 10.5. The summed E-state index contributed by atoms with van der Waals surface area (Å²) in [4.78, 5) is 17.1. The molecular formula is C23H31N3O. The first-order chi connectivity index (χ1) is 13.3. The molecule has 0 atom stereocenters. The van der Waals surface area contributed by atoms with Crippen LogP contribution in [0.5, 0.6) is 0 Å². The second kappa shape index (κ2) is 8.85. The Hall–Kier alpha value is -1.91. The zero-order valence-electron chi connectivity index (χ0n) is 16.2. The SMILES string of the molecule is O=C(CN1CCN(Cc2cccc3ccccc23)CC1)NC1CCCCC1. The average molecular weight is 366 g/mol. The summed E-state index contributed by atoms with van der Waals surface area (Å²) in [5.41, 5.74) is 1.40. The van der Waals surface area contributed by atoms with Gasteiger partial charge in [0, 0.05) is 38.8 Å². The molecule has 1 aliphatic heterocycles. The molecule has 1 saturated heterocycles. The number of nitrogens with one attached hydrogen (secondary N) is 1. The van der Waals surface area contributed by atoms with Gasteiger partial charge in [-0.3, -0.25) is 14.6 Å². The topological polar surface area (TPSA) is 35.6 Å². The van der Waals surface area contributed by atoms with Crippen molar-refractivity contribution < 1.29 is 4.79 Å². The molecule has 4 nitrogen and oxygen atoms in total. The molecule has 2 aromatic rings. The van der Waals surface area contributed by atoms with Gasteiger partial charge in [0.25, 0.3) is 0 Å². The van der Waals surface area contributed by atoms with Crippen LogP contribution < -0.4 is 5.32 Å². The van der Waals surface area contributed by atoms with Gasteiger partial charge < -0.3 is 5.32 Å². The van der Waals surface area contributed by atoms with E-state index in [1.54, 1.807) is 0 Å². The van der Waals surface area contributed by atoms with Crippen molar-refractivity contribution in [1.29, 1.82) is 0 Å². The van der Waals surface area contributed by atoms with Gasteiger partial charge in [-0.05, 0) is 29.2 Å². The summed E-state index contributed by atoms with van der Waals surface area (Å²) in [6.07, 6.45) is 6.16. The van der Waals surface area contributed by atoms with E-state index < -0.39 is 0 Å². The number of nitrogens with zero attached hydrogens (tertiary/aromatic N) is 2. The number of carbonyl (C=O) groups excluding carboxylic acids is 1. The Balaban J connectivity index is 1.25. The highest BCUT2D eigenvalue weighted by molar-refractivity contribution is 5.85.